The molecular formula is C15H22NO3+. The first-order valence-electron chi connectivity index (χ1n) is 6.98. The molecule has 1 aromatic carbocycles. The van der Waals surface area contributed by atoms with Gasteiger partial charge in [-0.05, 0) is 37.1 Å². The van der Waals surface area contributed by atoms with Crippen LogP contribution in [0.25, 0.3) is 0 Å². The van der Waals surface area contributed by atoms with Gasteiger partial charge in [-0.2, -0.15) is 0 Å². The highest BCUT2D eigenvalue weighted by Gasteiger charge is 2.12. The summed E-state index contributed by atoms with van der Waals surface area (Å²) in [5, 5.41) is 0. The van der Waals surface area contributed by atoms with Crippen molar-refractivity contribution in [3.05, 3.63) is 29.8 Å². The highest BCUT2D eigenvalue weighted by molar-refractivity contribution is 5.74. The van der Waals surface area contributed by atoms with Crippen LogP contribution in [0.1, 0.15) is 23.2 Å². The van der Waals surface area contributed by atoms with Crippen LogP contribution >= 0.6 is 0 Å². The highest BCUT2D eigenvalue weighted by atomic mass is 16.5. The number of carbonyl (C=O) groups is 1. The fourth-order valence-corrected chi connectivity index (χ4v) is 2.22. The molecule has 1 saturated heterocycles. The number of aldehydes is 1. The summed E-state index contributed by atoms with van der Waals surface area (Å²) in [6.07, 6.45) is 3.09. The van der Waals surface area contributed by atoms with Crippen LogP contribution in [0.15, 0.2) is 24.3 Å². The van der Waals surface area contributed by atoms with E-state index >= 15 is 0 Å². The summed E-state index contributed by atoms with van der Waals surface area (Å²) in [7, 11) is 0. The van der Waals surface area contributed by atoms with Crippen LogP contribution < -0.4 is 9.64 Å². The monoisotopic (exact) mass is 264 g/mol. The maximum atomic E-state index is 10.5. The first kappa shape index (κ1) is 14.0. The number of ether oxygens (including phenoxy) is 2. The molecule has 0 amide bonds. The maximum Gasteiger partial charge on any atom is 0.150 e. The lowest BCUT2D eigenvalue weighted by atomic mass is 10.2. The van der Waals surface area contributed by atoms with Crippen molar-refractivity contribution < 1.29 is 19.2 Å². The second kappa shape index (κ2) is 7.92. The summed E-state index contributed by atoms with van der Waals surface area (Å²) in [6.45, 7) is 6.01. The molecule has 104 valence electrons. The Morgan fingerprint density at radius 2 is 1.89 bits per heavy atom. The Balaban J connectivity index is 1.56. The van der Waals surface area contributed by atoms with E-state index < -0.39 is 0 Å². The minimum atomic E-state index is 0.684. The number of unbranched alkanes of at least 4 members (excludes halogenated alkanes) is 1. The van der Waals surface area contributed by atoms with Crippen molar-refractivity contribution >= 4 is 6.29 Å². The Morgan fingerprint density at radius 1 is 1.16 bits per heavy atom. The van der Waals surface area contributed by atoms with Crippen molar-refractivity contribution in [2.24, 2.45) is 0 Å². The molecule has 1 aliphatic rings. The van der Waals surface area contributed by atoms with E-state index in [1.54, 1.807) is 17.0 Å². The molecular weight excluding hydrogens is 242 g/mol. The van der Waals surface area contributed by atoms with E-state index in [1.165, 1.54) is 13.0 Å². The Labute approximate surface area is 114 Å². The van der Waals surface area contributed by atoms with Crippen molar-refractivity contribution in [2.45, 2.75) is 12.8 Å². The summed E-state index contributed by atoms with van der Waals surface area (Å²) < 4.78 is 11.0. The number of benzene rings is 1. The topological polar surface area (TPSA) is 40.0 Å². The normalized spacial score (nSPS) is 16.2. The molecule has 1 heterocycles. The van der Waals surface area contributed by atoms with Crippen molar-refractivity contribution in [3.63, 3.8) is 0 Å². The van der Waals surface area contributed by atoms with Crippen molar-refractivity contribution in [2.75, 3.05) is 39.5 Å². The Morgan fingerprint density at radius 3 is 2.58 bits per heavy atom. The van der Waals surface area contributed by atoms with Crippen molar-refractivity contribution in [1.82, 2.24) is 0 Å². The molecule has 0 atom stereocenters. The van der Waals surface area contributed by atoms with Gasteiger partial charge in [-0.1, -0.05) is 0 Å². The van der Waals surface area contributed by atoms with Gasteiger partial charge in [-0.3, -0.25) is 4.79 Å². The number of nitrogens with one attached hydrogen (secondary N) is 1. The van der Waals surface area contributed by atoms with Crippen LogP contribution in [-0.4, -0.2) is 45.7 Å². The number of hydrogen-bond donors (Lipinski definition) is 1. The SMILES string of the molecule is O=Cc1ccc(OCCCC[NH+]2CCOCC2)cc1. The fraction of sp³-hybridized carbons (Fsp3) is 0.533. The van der Waals surface area contributed by atoms with Gasteiger partial charge in [0.15, 0.2) is 0 Å². The molecule has 0 bridgehead atoms. The largest absolute Gasteiger partial charge is 0.494 e. The molecule has 1 fully saturated rings. The number of hydrogen-bond acceptors (Lipinski definition) is 3. The number of quaternary nitrogens is 1. The molecule has 0 saturated carbocycles. The lowest BCUT2D eigenvalue weighted by Gasteiger charge is -2.23. The molecule has 1 N–H and O–H groups in total. The van der Waals surface area contributed by atoms with Gasteiger partial charge in [0.1, 0.15) is 25.1 Å². The van der Waals surface area contributed by atoms with Gasteiger partial charge in [0.25, 0.3) is 0 Å². The maximum absolute atomic E-state index is 10.5. The minimum absolute atomic E-state index is 0.684. The van der Waals surface area contributed by atoms with Gasteiger partial charge in [-0.25, -0.2) is 0 Å². The van der Waals surface area contributed by atoms with E-state index in [4.69, 9.17) is 9.47 Å². The van der Waals surface area contributed by atoms with Crippen LogP contribution in [-0.2, 0) is 4.74 Å². The van der Waals surface area contributed by atoms with Gasteiger partial charge in [0, 0.05) is 5.56 Å². The highest BCUT2D eigenvalue weighted by Crippen LogP contribution is 2.11. The third kappa shape index (κ3) is 5.01. The fourth-order valence-electron chi connectivity index (χ4n) is 2.22. The summed E-state index contributed by atoms with van der Waals surface area (Å²) in [6, 6.07) is 7.24. The van der Waals surface area contributed by atoms with Gasteiger partial charge < -0.3 is 14.4 Å². The smallest absolute Gasteiger partial charge is 0.150 e. The molecule has 2 rings (SSSR count). The Bertz CT molecular complexity index is 371. The molecule has 0 aliphatic carbocycles. The third-order valence-corrected chi connectivity index (χ3v) is 3.41. The van der Waals surface area contributed by atoms with Gasteiger partial charge in [0.2, 0.25) is 0 Å². The van der Waals surface area contributed by atoms with E-state index in [0.29, 0.717) is 5.56 Å². The zero-order valence-corrected chi connectivity index (χ0v) is 11.3. The number of carbonyl (C=O) groups excluding carboxylic acids is 1. The molecule has 4 nitrogen and oxygen atoms in total. The van der Waals surface area contributed by atoms with Crippen LogP contribution in [0.3, 0.4) is 0 Å². The van der Waals surface area contributed by atoms with E-state index in [1.807, 2.05) is 12.1 Å². The van der Waals surface area contributed by atoms with Gasteiger partial charge in [-0.15, -0.1) is 0 Å². The number of rotatable bonds is 7. The Kier molecular flexibility index (Phi) is 5.85. The third-order valence-electron chi connectivity index (χ3n) is 3.41. The quantitative estimate of drug-likeness (QED) is 0.578. The average molecular weight is 264 g/mol. The van der Waals surface area contributed by atoms with Crippen LogP contribution in [0.5, 0.6) is 5.75 Å². The second-order valence-corrected chi connectivity index (χ2v) is 4.85. The molecule has 0 aromatic heterocycles. The molecule has 0 radical (unpaired) electrons. The summed E-state index contributed by atoms with van der Waals surface area (Å²) in [5.74, 6) is 0.837. The second-order valence-electron chi connectivity index (χ2n) is 4.85. The predicted octanol–water partition coefficient (Wildman–Crippen LogP) is 0.573. The minimum Gasteiger partial charge on any atom is -0.494 e. The van der Waals surface area contributed by atoms with Gasteiger partial charge >= 0.3 is 0 Å². The summed E-state index contributed by atoms with van der Waals surface area (Å²) in [4.78, 5) is 12.2. The molecule has 19 heavy (non-hydrogen) atoms. The summed E-state index contributed by atoms with van der Waals surface area (Å²) >= 11 is 0. The van der Waals surface area contributed by atoms with Gasteiger partial charge in [0.05, 0.1) is 26.4 Å². The van der Waals surface area contributed by atoms with E-state index in [2.05, 4.69) is 0 Å². The molecule has 0 spiro atoms. The van der Waals surface area contributed by atoms with Crippen molar-refractivity contribution in [1.29, 1.82) is 0 Å². The zero-order chi connectivity index (χ0) is 13.3. The first-order chi connectivity index (χ1) is 9.38. The number of morpholine rings is 1. The van der Waals surface area contributed by atoms with E-state index in [9.17, 15) is 4.79 Å². The standard InChI is InChI=1S/C15H21NO3/c17-13-14-3-5-15(6-4-14)19-10-2-1-7-16-8-11-18-12-9-16/h3-6,13H,1-2,7-12H2/p+1. The van der Waals surface area contributed by atoms with Crippen LogP contribution in [0.2, 0.25) is 0 Å². The van der Waals surface area contributed by atoms with Crippen LogP contribution in [0.4, 0.5) is 0 Å². The first-order valence-corrected chi connectivity index (χ1v) is 6.98. The Hall–Kier alpha value is -1.39. The molecule has 1 aromatic rings. The van der Waals surface area contributed by atoms with Crippen LogP contribution in [0, 0.1) is 0 Å². The van der Waals surface area contributed by atoms with E-state index in [-0.39, 0.29) is 0 Å². The zero-order valence-electron chi connectivity index (χ0n) is 11.3. The lowest BCUT2D eigenvalue weighted by molar-refractivity contribution is -0.908. The predicted molar refractivity (Wildman–Crippen MR) is 72.9 cm³/mol. The molecule has 4 heteroatoms. The molecule has 0 unspecified atom stereocenters. The van der Waals surface area contributed by atoms with Crippen molar-refractivity contribution in [3.8, 4) is 5.75 Å². The average Bonchev–Trinajstić information content (AvgIpc) is 2.49. The molecule has 1 aliphatic heterocycles. The lowest BCUT2D eigenvalue weighted by Crippen LogP contribution is -3.14. The van der Waals surface area contributed by atoms with E-state index in [0.717, 1.165) is 51.4 Å². The summed E-state index contributed by atoms with van der Waals surface area (Å²) in [5.41, 5.74) is 0.684.